The second-order valence-corrected chi connectivity index (χ2v) is 7.25. The summed E-state index contributed by atoms with van der Waals surface area (Å²) in [6, 6.07) is 7.77. The topological polar surface area (TPSA) is 112 Å². The highest BCUT2D eigenvalue weighted by molar-refractivity contribution is 5.95. The monoisotopic (exact) mass is 419 g/mol. The lowest BCUT2D eigenvalue weighted by Gasteiger charge is -2.40. The molecular weight excluding hydrogens is 399 g/mol. The Hall–Kier alpha value is -3.35. The minimum atomic E-state index is -4.43. The minimum absolute atomic E-state index is 0.158. The van der Waals surface area contributed by atoms with Gasteiger partial charge in [0.2, 0.25) is 11.8 Å². The van der Waals surface area contributed by atoms with E-state index in [4.69, 9.17) is 5.73 Å². The van der Waals surface area contributed by atoms with Crippen molar-refractivity contribution in [1.82, 2.24) is 10.3 Å². The maximum Gasteiger partial charge on any atom is 0.393 e. The largest absolute Gasteiger partial charge is 0.393 e. The van der Waals surface area contributed by atoms with Crippen LogP contribution in [0.4, 0.5) is 18.9 Å². The van der Waals surface area contributed by atoms with Gasteiger partial charge >= 0.3 is 6.18 Å². The number of carbonyl (C=O) groups excluding carboxylic acids is 2. The van der Waals surface area contributed by atoms with Gasteiger partial charge in [-0.15, -0.1) is 0 Å². The molecule has 0 radical (unpaired) electrons. The SMILES string of the molecule is N#Cc1ccc(N2C[C@@H](NC(=O)CCC(N)=O)C[C@@H](C(F)(F)F)C2)c2cccnc12. The smallest absolute Gasteiger partial charge is 0.370 e. The highest BCUT2D eigenvalue weighted by Gasteiger charge is 2.45. The first-order valence-corrected chi connectivity index (χ1v) is 9.36. The highest BCUT2D eigenvalue weighted by Crippen LogP contribution is 2.37. The van der Waals surface area contributed by atoms with Gasteiger partial charge in [0.15, 0.2) is 0 Å². The van der Waals surface area contributed by atoms with Crippen molar-refractivity contribution in [2.45, 2.75) is 31.5 Å². The van der Waals surface area contributed by atoms with Gasteiger partial charge in [-0.1, -0.05) is 0 Å². The van der Waals surface area contributed by atoms with Crippen LogP contribution in [0.25, 0.3) is 10.9 Å². The molecule has 1 saturated heterocycles. The lowest BCUT2D eigenvalue weighted by atomic mass is 9.92. The predicted octanol–water partition coefficient (Wildman–Crippen LogP) is 2.25. The molecule has 2 heterocycles. The van der Waals surface area contributed by atoms with E-state index in [1.165, 1.54) is 12.3 Å². The number of halogens is 3. The van der Waals surface area contributed by atoms with Gasteiger partial charge in [0, 0.05) is 49.2 Å². The molecule has 2 atom stereocenters. The molecule has 3 N–H and O–H groups in total. The van der Waals surface area contributed by atoms with Crippen molar-refractivity contribution in [2.75, 3.05) is 18.0 Å². The van der Waals surface area contributed by atoms with Gasteiger partial charge in [-0.25, -0.2) is 0 Å². The molecule has 0 saturated carbocycles. The van der Waals surface area contributed by atoms with Crippen LogP contribution in [0.15, 0.2) is 30.5 Å². The maximum absolute atomic E-state index is 13.6. The Bertz CT molecular complexity index is 1000. The third kappa shape index (κ3) is 4.79. The summed E-state index contributed by atoms with van der Waals surface area (Å²) in [5.74, 6) is -2.82. The molecule has 1 aliphatic heterocycles. The zero-order valence-electron chi connectivity index (χ0n) is 15.9. The van der Waals surface area contributed by atoms with E-state index in [0.29, 0.717) is 22.2 Å². The van der Waals surface area contributed by atoms with Crippen molar-refractivity contribution in [3.8, 4) is 6.07 Å². The molecule has 2 aromatic rings. The summed E-state index contributed by atoms with van der Waals surface area (Å²) in [4.78, 5) is 28.7. The maximum atomic E-state index is 13.6. The summed E-state index contributed by atoms with van der Waals surface area (Å²) in [6.45, 7) is -0.113. The molecule has 3 rings (SSSR count). The number of anilines is 1. The number of piperidine rings is 1. The van der Waals surface area contributed by atoms with Crippen LogP contribution in [0.3, 0.4) is 0 Å². The fraction of sp³-hybridized carbons (Fsp3) is 0.400. The van der Waals surface area contributed by atoms with Crippen LogP contribution in [0, 0.1) is 17.2 Å². The van der Waals surface area contributed by atoms with E-state index >= 15 is 0 Å². The van der Waals surface area contributed by atoms with Crippen molar-refractivity contribution in [3.63, 3.8) is 0 Å². The Morgan fingerprint density at radius 2 is 2.03 bits per heavy atom. The van der Waals surface area contributed by atoms with E-state index in [1.54, 1.807) is 23.1 Å². The molecular formula is C20H20F3N5O2. The Balaban J connectivity index is 1.90. The number of hydrogen-bond donors (Lipinski definition) is 2. The van der Waals surface area contributed by atoms with Gasteiger partial charge in [-0.2, -0.15) is 18.4 Å². The third-order valence-corrected chi connectivity index (χ3v) is 5.08. The quantitative estimate of drug-likeness (QED) is 0.772. The van der Waals surface area contributed by atoms with Crippen LogP contribution in [-0.2, 0) is 9.59 Å². The Morgan fingerprint density at radius 1 is 1.27 bits per heavy atom. The average Bonchev–Trinajstić information content (AvgIpc) is 2.70. The van der Waals surface area contributed by atoms with Crippen LogP contribution < -0.4 is 16.0 Å². The van der Waals surface area contributed by atoms with Crippen molar-refractivity contribution >= 4 is 28.4 Å². The number of nitrogens with zero attached hydrogens (tertiary/aromatic N) is 3. The molecule has 0 spiro atoms. The van der Waals surface area contributed by atoms with Crippen LogP contribution in [-0.4, -0.2) is 42.1 Å². The summed E-state index contributed by atoms with van der Waals surface area (Å²) in [5.41, 5.74) is 6.28. The highest BCUT2D eigenvalue weighted by atomic mass is 19.4. The first-order valence-electron chi connectivity index (χ1n) is 9.36. The molecule has 1 fully saturated rings. The van der Waals surface area contributed by atoms with Crippen LogP contribution >= 0.6 is 0 Å². The Labute approximate surface area is 170 Å². The normalized spacial score (nSPS) is 19.3. The molecule has 0 aliphatic carbocycles. The fourth-order valence-electron chi connectivity index (χ4n) is 3.70. The van der Waals surface area contributed by atoms with E-state index in [0.717, 1.165) is 0 Å². The van der Waals surface area contributed by atoms with Crippen molar-refractivity contribution in [3.05, 3.63) is 36.0 Å². The number of primary amides is 1. The molecule has 158 valence electrons. The number of alkyl halides is 3. The summed E-state index contributed by atoms with van der Waals surface area (Å²) in [6.07, 6.45) is -3.52. The number of rotatable bonds is 5. The fourth-order valence-corrected chi connectivity index (χ4v) is 3.70. The van der Waals surface area contributed by atoms with Gasteiger partial charge in [0.1, 0.15) is 6.07 Å². The zero-order valence-corrected chi connectivity index (χ0v) is 15.9. The molecule has 10 heteroatoms. The van der Waals surface area contributed by atoms with E-state index < -0.39 is 30.0 Å². The Kier molecular flexibility index (Phi) is 6.10. The standard InChI is InChI=1S/C20H20F3N5O2/c21-20(22,23)13-8-14(27-18(30)6-5-17(25)29)11-28(10-13)16-4-3-12(9-24)19-15(16)2-1-7-26-19/h1-4,7,13-14H,5-6,8,10-11H2,(H2,25,29)(H,27,30)/t13-,14+/m1/s1. The molecule has 2 amide bonds. The van der Waals surface area contributed by atoms with Crippen molar-refractivity contribution in [2.24, 2.45) is 11.7 Å². The number of carbonyl (C=O) groups is 2. The van der Waals surface area contributed by atoms with Gasteiger partial charge < -0.3 is 16.0 Å². The van der Waals surface area contributed by atoms with E-state index in [1.807, 2.05) is 6.07 Å². The Morgan fingerprint density at radius 3 is 2.70 bits per heavy atom. The zero-order chi connectivity index (χ0) is 21.9. The molecule has 30 heavy (non-hydrogen) atoms. The number of hydrogen-bond acceptors (Lipinski definition) is 5. The second-order valence-electron chi connectivity index (χ2n) is 7.25. The van der Waals surface area contributed by atoms with Gasteiger partial charge in [-0.05, 0) is 30.7 Å². The number of pyridine rings is 1. The molecule has 7 nitrogen and oxygen atoms in total. The molecule has 1 aromatic carbocycles. The minimum Gasteiger partial charge on any atom is -0.370 e. The number of nitriles is 1. The summed E-state index contributed by atoms with van der Waals surface area (Å²) in [5, 5.41) is 12.4. The van der Waals surface area contributed by atoms with E-state index in [9.17, 15) is 28.0 Å². The summed E-state index contributed by atoms with van der Waals surface area (Å²) >= 11 is 0. The van der Waals surface area contributed by atoms with Crippen LogP contribution in [0.5, 0.6) is 0 Å². The lowest BCUT2D eigenvalue weighted by Crippen LogP contribution is -2.54. The van der Waals surface area contributed by atoms with Crippen LogP contribution in [0.1, 0.15) is 24.8 Å². The van der Waals surface area contributed by atoms with Crippen LogP contribution in [0.2, 0.25) is 0 Å². The number of amides is 2. The van der Waals surface area contributed by atoms with Crippen molar-refractivity contribution < 1.29 is 22.8 Å². The van der Waals surface area contributed by atoms with Crippen molar-refractivity contribution in [1.29, 1.82) is 5.26 Å². The van der Waals surface area contributed by atoms with Gasteiger partial charge in [0.25, 0.3) is 0 Å². The number of aromatic nitrogens is 1. The lowest BCUT2D eigenvalue weighted by molar-refractivity contribution is -0.178. The van der Waals surface area contributed by atoms with Gasteiger partial charge in [0.05, 0.1) is 17.0 Å². The molecule has 1 aromatic heterocycles. The number of benzene rings is 1. The summed E-state index contributed by atoms with van der Waals surface area (Å²) in [7, 11) is 0. The first-order chi connectivity index (χ1) is 14.2. The number of nitrogens with one attached hydrogen (secondary N) is 1. The van der Waals surface area contributed by atoms with E-state index in [2.05, 4.69) is 10.3 Å². The molecule has 0 bridgehead atoms. The predicted molar refractivity (Wildman–Crippen MR) is 103 cm³/mol. The van der Waals surface area contributed by atoms with Gasteiger partial charge in [-0.3, -0.25) is 14.6 Å². The number of nitrogens with two attached hydrogens (primary N) is 1. The van der Waals surface area contributed by atoms with E-state index in [-0.39, 0.29) is 32.4 Å². The average molecular weight is 419 g/mol. The second kappa shape index (κ2) is 8.57. The molecule has 1 aliphatic rings. The first kappa shape index (κ1) is 21.4. The summed E-state index contributed by atoms with van der Waals surface area (Å²) < 4.78 is 40.7. The third-order valence-electron chi connectivity index (χ3n) is 5.08. The molecule has 0 unspecified atom stereocenters. The number of fused-ring (bicyclic) bond motifs is 1.